The van der Waals surface area contributed by atoms with Gasteiger partial charge < -0.3 is 10.2 Å². The van der Waals surface area contributed by atoms with E-state index >= 15 is 0 Å². The van der Waals surface area contributed by atoms with Crippen molar-refractivity contribution < 1.29 is 36.3 Å². The number of para-hydroxylation sites is 2. The summed E-state index contributed by atoms with van der Waals surface area (Å²) >= 11 is 0. The summed E-state index contributed by atoms with van der Waals surface area (Å²) in [5.41, 5.74) is 0.662. The van der Waals surface area contributed by atoms with Gasteiger partial charge in [-0.25, -0.2) is 0 Å². The van der Waals surface area contributed by atoms with Gasteiger partial charge in [-0.05, 0) is 24.3 Å². The molecule has 2 aromatic rings. The topological polar surface area (TPSA) is 74.6 Å². The number of hydrogen-bond acceptors (Lipinski definition) is 4. The first-order valence-electron chi connectivity index (χ1n) is 5.15. The van der Waals surface area contributed by atoms with Gasteiger partial charge >= 0.3 is 16.5 Å². The molecular weight excluding hydrogens is 291 g/mol. The van der Waals surface area contributed by atoms with E-state index in [4.69, 9.17) is 10.2 Å². The van der Waals surface area contributed by atoms with Gasteiger partial charge in [-0.3, -0.25) is 9.59 Å². The van der Waals surface area contributed by atoms with Crippen LogP contribution in [0.3, 0.4) is 0 Å². The van der Waals surface area contributed by atoms with Gasteiger partial charge in [0.05, 0.1) is 11.1 Å². The zero-order chi connectivity index (χ0) is 13.4. The fourth-order valence-corrected chi connectivity index (χ4v) is 1.17. The Hall–Kier alpha value is -2.13. The number of carbonyl (C=O) groups excluding carboxylic acids is 2. The molecule has 0 aromatic heterocycles. The first kappa shape index (κ1) is 16.9. The maximum Gasteiger partial charge on any atom is 2.00 e. The van der Waals surface area contributed by atoms with E-state index in [2.05, 4.69) is 0 Å². The Morgan fingerprint density at radius 2 is 1.00 bits per heavy atom. The summed E-state index contributed by atoms with van der Waals surface area (Å²) in [4.78, 5) is 20.1. The van der Waals surface area contributed by atoms with Crippen LogP contribution in [0.1, 0.15) is 20.7 Å². The van der Waals surface area contributed by atoms with Gasteiger partial charge in [-0.2, -0.15) is 0 Å². The summed E-state index contributed by atoms with van der Waals surface area (Å²) in [5.74, 6) is 0.0694. The summed E-state index contributed by atoms with van der Waals surface area (Å²) in [6.07, 6.45) is 1.24. The Labute approximate surface area is 120 Å². The van der Waals surface area contributed by atoms with Gasteiger partial charge in [-0.1, -0.05) is 24.3 Å². The molecule has 0 spiro atoms. The molecule has 2 N–H and O–H groups in total. The van der Waals surface area contributed by atoms with Crippen LogP contribution >= 0.6 is 0 Å². The standard InChI is InChI=1S/2C7H6O2.Ni/c2*8-5-6-3-1-2-4-7(6)9;/h2*1-5,9H;/q;;+2. The Bertz CT molecular complexity index is 491. The van der Waals surface area contributed by atoms with Crippen LogP contribution in [0.15, 0.2) is 48.5 Å². The fourth-order valence-electron chi connectivity index (χ4n) is 1.17. The third-order valence-electron chi connectivity index (χ3n) is 2.13. The van der Waals surface area contributed by atoms with Crippen molar-refractivity contribution in [2.75, 3.05) is 0 Å². The molecule has 0 aliphatic carbocycles. The van der Waals surface area contributed by atoms with E-state index in [-0.39, 0.29) is 28.0 Å². The maximum absolute atomic E-state index is 10.1. The Balaban J connectivity index is 0.000000324. The van der Waals surface area contributed by atoms with Crippen molar-refractivity contribution in [2.24, 2.45) is 0 Å². The molecule has 0 heterocycles. The molecule has 0 bridgehead atoms. The normalized spacial score (nSPS) is 8.42. The van der Waals surface area contributed by atoms with Crippen LogP contribution in [0.4, 0.5) is 0 Å². The second-order valence-corrected chi connectivity index (χ2v) is 3.35. The van der Waals surface area contributed by atoms with E-state index in [1.54, 1.807) is 36.4 Å². The van der Waals surface area contributed by atoms with Crippen molar-refractivity contribution in [3.8, 4) is 11.5 Å². The van der Waals surface area contributed by atoms with Crippen LogP contribution in [0.25, 0.3) is 0 Å². The number of aromatic hydroxyl groups is 2. The van der Waals surface area contributed by atoms with E-state index < -0.39 is 0 Å². The van der Waals surface area contributed by atoms with E-state index in [9.17, 15) is 9.59 Å². The number of hydrogen-bond donors (Lipinski definition) is 2. The smallest absolute Gasteiger partial charge is 0.507 e. The predicted octanol–water partition coefficient (Wildman–Crippen LogP) is 2.41. The Morgan fingerprint density at radius 1 is 0.684 bits per heavy atom. The van der Waals surface area contributed by atoms with Crippen molar-refractivity contribution in [1.29, 1.82) is 0 Å². The molecule has 0 fully saturated rings. The first-order chi connectivity index (χ1) is 8.69. The third kappa shape index (κ3) is 5.36. The number of benzene rings is 2. The number of aldehydes is 2. The molecule has 0 aliphatic heterocycles. The molecule has 0 saturated carbocycles. The monoisotopic (exact) mass is 302 g/mol. The predicted molar refractivity (Wildman–Crippen MR) is 67.0 cm³/mol. The fraction of sp³-hybridized carbons (Fsp3) is 0. The minimum Gasteiger partial charge on any atom is -0.507 e. The zero-order valence-electron chi connectivity index (χ0n) is 9.80. The van der Waals surface area contributed by atoms with Crippen molar-refractivity contribution in [3.63, 3.8) is 0 Å². The first-order valence-corrected chi connectivity index (χ1v) is 5.15. The largest absolute Gasteiger partial charge is 2.00 e. The SMILES string of the molecule is O=Cc1ccccc1O.O=Cc1ccccc1O.[Ni+2]. The summed E-state index contributed by atoms with van der Waals surface area (Å²) in [7, 11) is 0. The summed E-state index contributed by atoms with van der Waals surface area (Å²) in [5, 5.41) is 17.8. The molecule has 5 heteroatoms. The number of phenolic OH excluding ortho intramolecular Hbond substituents is 2. The number of rotatable bonds is 2. The molecule has 0 radical (unpaired) electrons. The third-order valence-corrected chi connectivity index (χ3v) is 2.13. The maximum atomic E-state index is 10.1. The minimum atomic E-state index is 0. The second-order valence-electron chi connectivity index (χ2n) is 3.35. The van der Waals surface area contributed by atoms with Gasteiger partial charge in [0.2, 0.25) is 0 Å². The average Bonchev–Trinajstić information content (AvgIpc) is 2.41. The number of phenols is 2. The Kier molecular flexibility index (Phi) is 7.90. The average molecular weight is 303 g/mol. The van der Waals surface area contributed by atoms with Crippen LogP contribution in [-0.4, -0.2) is 22.8 Å². The summed E-state index contributed by atoms with van der Waals surface area (Å²) < 4.78 is 0. The van der Waals surface area contributed by atoms with Crippen molar-refractivity contribution >= 4 is 12.6 Å². The molecule has 0 unspecified atom stereocenters. The van der Waals surface area contributed by atoms with Crippen LogP contribution in [0, 0.1) is 0 Å². The van der Waals surface area contributed by atoms with Crippen molar-refractivity contribution in [2.45, 2.75) is 0 Å². The molecule has 2 aromatic carbocycles. The van der Waals surface area contributed by atoms with E-state index in [0.29, 0.717) is 23.7 Å². The molecular formula is C14H12NiO4+2. The van der Waals surface area contributed by atoms with Crippen LogP contribution in [0.2, 0.25) is 0 Å². The van der Waals surface area contributed by atoms with E-state index in [0.717, 1.165) is 0 Å². The van der Waals surface area contributed by atoms with E-state index in [1.807, 2.05) is 0 Å². The quantitative estimate of drug-likeness (QED) is 0.660. The molecule has 0 saturated heterocycles. The molecule has 2 rings (SSSR count). The van der Waals surface area contributed by atoms with Crippen LogP contribution < -0.4 is 0 Å². The zero-order valence-corrected chi connectivity index (χ0v) is 10.8. The second kappa shape index (κ2) is 8.89. The molecule has 19 heavy (non-hydrogen) atoms. The summed E-state index contributed by atoms with van der Waals surface area (Å²) in [6, 6.07) is 12.8. The van der Waals surface area contributed by atoms with Crippen molar-refractivity contribution in [1.82, 2.24) is 0 Å². The van der Waals surface area contributed by atoms with Gasteiger partial charge in [0.25, 0.3) is 0 Å². The van der Waals surface area contributed by atoms with Crippen LogP contribution in [0.5, 0.6) is 11.5 Å². The van der Waals surface area contributed by atoms with Gasteiger partial charge in [-0.15, -0.1) is 0 Å². The summed E-state index contributed by atoms with van der Waals surface area (Å²) in [6.45, 7) is 0. The Morgan fingerprint density at radius 3 is 1.21 bits per heavy atom. The van der Waals surface area contributed by atoms with Gasteiger partial charge in [0.15, 0.2) is 12.6 Å². The molecule has 0 atom stereocenters. The molecule has 4 nitrogen and oxygen atoms in total. The minimum absolute atomic E-state index is 0. The van der Waals surface area contributed by atoms with Gasteiger partial charge in [0.1, 0.15) is 11.5 Å². The van der Waals surface area contributed by atoms with Crippen LogP contribution in [-0.2, 0) is 16.5 Å². The molecule has 100 valence electrons. The van der Waals surface area contributed by atoms with E-state index in [1.165, 1.54) is 12.1 Å². The molecule has 0 aliphatic rings. The number of carbonyl (C=O) groups is 2. The molecule has 0 amide bonds. The van der Waals surface area contributed by atoms with Gasteiger partial charge in [0, 0.05) is 0 Å². The van der Waals surface area contributed by atoms with Crippen molar-refractivity contribution in [3.05, 3.63) is 59.7 Å².